The largest absolute Gasteiger partial charge is 0.465 e. The maximum Gasteiger partial charge on any atom is 0.344 e. The van der Waals surface area contributed by atoms with Gasteiger partial charge in [-0.25, -0.2) is 9.59 Å². The lowest BCUT2D eigenvalue weighted by molar-refractivity contribution is -0.136. The first-order valence-electron chi connectivity index (χ1n) is 7.40. The molecule has 0 N–H and O–H groups in total. The summed E-state index contributed by atoms with van der Waals surface area (Å²) in [6.07, 6.45) is 12.3. The number of allylic oxidation sites excluding steroid dienone is 2. The third-order valence-corrected chi connectivity index (χ3v) is 4.36. The molecule has 0 atom stereocenters. The number of carbonyl (C=O) groups excluding carboxylic acids is 2. The molecule has 126 valence electrons. The van der Waals surface area contributed by atoms with E-state index in [4.69, 9.17) is 0 Å². The Hall–Kier alpha value is -0.620. The summed E-state index contributed by atoms with van der Waals surface area (Å²) in [6, 6.07) is 0. The highest BCUT2D eigenvalue weighted by atomic mass is 79.9. The topological polar surface area (TPSA) is 52.6 Å². The van der Waals surface area contributed by atoms with Crippen molar-refractivity contribution in [1.82, 2.24) is 0 Å². The fourth-order valence-electron chi connectivity index (χ4n) is 1.82. The molecule has 22 heavy (non-hydrogen) atoms. The van der Waals surface area contributed by atoms with Crippen molar-refractivity contribution in [2.75, 3.05) is 14.2 Å². The number of hydrogen-bond acceptors (Lipinski definition) is 4. The van der Waals surface area contributed by atoms with E-state index in [-0.39, 0.29) is 11.9 Å². The molecule has 0 radical (unpaired) electrons. The molecule has 0 saturated carbocycles. The van der Waals surface area contributed by atoms with Crippen LogP contribution in [-0.2, 0) is 19.1 Å². The minimum atomic E-state index is -0.328. The molecule has 0 aliphatic rings. The van der Waals surface area contributed by atoms with Gasteiger partial charge in [0.2, 0.25) is 0 Å². The second-order valence-corrected chi connectivity index (χ2v) is 6.49. The number of ether oxygens (including phenoxy) is 2. The van der Waals surface area contributed by atoms with Gasteiger partial charge in [-0.05, 0) is 57.5 Å². The highest BCUT2D eigenvalue weighted by Gasteiger charge is 2.04. The van der Waals surface area contributed by atoms with Crippen molar-refractivity contribution in [3.8, 4) is 0 Å². The Kier molecular flexibility index (Phi) is 13.6. The van der Waals surface area contributed by atoms with Gasteiger partial charge in [0, 0.05) is 0 Å². The van der Waals surface area contributed by atoms with Gasteiger partial charge in [0.1, 0.15) is 0 Å². The van der Waals surface area contributed by atoms with Crippen molar-refractivity contribution in [3.63, 3.8) is 0 Å². The molecule has 0 bridgehead atoms. The second-order valence-electron chi connectivity index (χ2n) is 4.79. The monoisotopic (exact) mass is 438 g/mol. The van der Waals surface area contributed by atoms with Gasteiger partial charge in [0.15, 0.2) is 0 Å². The van der Waals surface area contributed by atoms with Crippen LogP contribution in [0.25, 0.3) is 0 Å². The van der Waals surface area contributed by atoms with Crippen molar-refractivity contribution in [2.24, 2.45) is 0 Å². The van der Waals surface area contributed by atoms with Crippen LogP contribution >= 0.6 is 31.9 Å². The van der Waals surface area contributed by atoms with Gasteiger partial charge in [-0.1, -0.05) is 37.8 Å². The van der Waals surface area contributed by atoms with Crippen molar-refractivity contribution < 1.29 is 19.1 Å². The number of esters is 2. The lowest BCUT2D eigenvalue weighted by atomic mass is 10.1. The van der Waals surface area contributed by atoms with E-state index >= 15 is 0 Å². The first-order chi connectivity index (χ1) is 10.5. The summed E-state index contributed by atoms with van der Waals surface area (Å²) in [5.41, 5.74) is 0. The molecule has 0 amide bonds. The van der Waals surface area contributed by atoms with Crippen molar-refractivity contribution in [1.29, 1.82) is 0 Å². The maximum atomic E-state index is 11.1. The molecule has 0 saturated heterocycles. The standard InChI is InChI=1S/C16H24Br2O4/c1-21-15(19)13(17)11-9-7-5-3-4-6-8-10-12-14(18)16(20)22-2/h11-12H,3-10H2,1-2H3/b13-11-,14-12-. The SMILES string of the molecule is COC(=O)/C(Br)=C/CCCCCCCC/C=C(\Br)C(=O)OC. The minimum Gasteiger partial charge on any atom is -0.465 e. The average Bonchev–Trinajstić information content (AvgIpc) is 2.54. The van der Waals surface area contributed by atoms with Gasteiger partial charge in [-0.15, -0.1) is 0 Å². The lowest BCUT2D eigenvalue weighted by Gasteiger charge is -2.01. The third-order valence-electron chi connectivity index (χ3n) is 3.07. The number of hydrogen-bond donors (Lipinski definition) is 0. The molecule has 0 aliphatic heterocycles. The molecule has 0 rings (SSSR count). The Morgan fingerprint density at radius 3 is 1.36 bits per heavy atom. The maximum absolute atomic E-state index is 11.1. The molecule has 4 nitrogen and oxygen atoms in total. The summed E-state index contributed by atoms with van der Waals surface area (Å²) in [4.78, 5) is 22.2. The number of carbonyl (C=O) groups is 2. The van der Waals surface area contributed by atoms with Crippen LogP contribution in [-0.4, -0.2) is 26.2 Å². The molecule has 0 spiro atoms. The summed E-state index contributed by atoms with van der Waals surface area (Å²) < 4.78 is 10.2. The van der Waals surface area contributed by atoms with E-state index < -0.39 is 0 Å². The zero-order chi connectivity index (χ0) is 16.8. The second kappa shape index (κ2) is 14.0. The van der Waals surface area contributed by atoms with Gasteiger partial charge in [-0.2, -0.15) is 0 Å². The Labute approximate surface area is 149 Å². The lowest BCUT2D eigenvalue weighted by Crippen LogP contribution is -1.98. The minimum absolute atomic E-state index is 0.328. The molecule has 0 unspecified atom stereocenters. The predicted octanol–water partition coefficient (Wildman–Crippen LogP) is 5.01. The van der Waals surface area contributed by atoms with Crippen LogP contribution in [0.1, 0.15) is 51.4 Å². The molecule has 0 aromatic carbocycles. The zero-order valence-corrected chi connectivity index (χ0v) is 16.4. The summed E-state index contributed by atoms with van der Waals surface area (Å²) in [7, 11) is 2.74. The van der Waals surface area contributed by atoms with E-state index in [1.165, 1.54) is 27.1 Å². The quantitative estimate of drug-likeness (QED) is 0.258. The van der Waals surface area contributed by atoms with Gasteiger partial charge >= 0.3 is 11.9 Å². The van der Waals surface area contributed by atoms with Crippen LogP contribution in [0.15, 0.2) is 21.1 Å². The Balaban J connectivity index is 3.52. The van der Waals surface area contributed by atoms with Crippen LogP contribution in [0.5, 0.6) is 0 Å². The molecule has 0 aromatic rings. The Bertz CT molecular complexity index is 365. The number of unbranched alkanes of at least 4 members (excludes halogenated alkanes) is 7. The predicted molar refractivity (Wildman–Crippen MR) is 95.0 cm³/mol. The molecule has 0 fully saturated rings. The summed E-state index contributed by atoms with van der Waals surface area (Å²) in [5, 5.41) is 0. The molecule has 0 aliphatic carbocycles. The first-order valence-corrected chi connectivity index (χ1v) is 8.99. The smallest absolute Gasteiger partial charge is 0.344 e. The fourth-order valence-corrected chi connectivity index (χ4v) is 2.60. The van der Waals surface area contributed by atoms with Gasteiger partial charge in [-0.3, -0.25) is 0 Å². The van der Waals surface area contributed by atoms with Gasteiger partial charge in [0.25, 0.3) is 0 Å². The van der Waals surface area contributed by atoms with Crippen molar-refractivity contribution in [3.05, 3.63) is 21.1 Å². The van der Waals surface area contributed by atoms with E-state index in [9.17, 15) is 9.59 Å². The van der Waals surface area contributed by atoms with Crippen LogP contribution in [0.4, 0.5) is 0 Å². The number of rotatable bonds is 11. The number of halogens is 2. The van der Waals surface area contributed by atoms with Crippen LogP contribution in [0, 0.1) is 0 Å². The Morgan fingerprint density at radius 2 is 1.05 bits per heavy atom. The summed E-state index contributed by atoms with van der Waals surface area (Å²) in [5.74, 6) is -0.655. The fraction of sp³-hybridized carbons (Fsp3) is 0.625. The normalized spacial score (nSPS) is 12.2. The van der Waals surface area contributed by atoms with Crippen molar-refractivity contribution in [2.45, 2.75) is 51.4 Å². The third kappa shape index (κ3) is 11.0. The Morgan fingerprint density at radius 1 is 0.727 bits per heavy atom. The summed E-state index contributed by atoms with van der Waals surface area (Å²) >= 11 is 6.37. The van der Waals surface area contributed by atoms with Crippen molar-refractivity contribution >= 4 is 43.8 Å². The van der Waals surface area contributed by atoms with E-state index in [0.29, 0.717) is 8.96 Å². The zero-order valence-electron chi connectivity index (χ0n) is 13.2. The van der Waals surface area contributed by atoms with E-state index in [1.807, 2.05) is 12.2 Å². The molecular formula is C16H24Br2O4. The van der Waals surface area contributed by atoms with Gasteiger partial charge < -0.3 is 9.47 Å². The van der Waals surface area contributed by atoms with Crippen LogP contribution in [0.2, 0.25) is 0 Å². The highest BCUT2D eigenvalue weighted by molar-refractivity contribution is 9.12. The highest BCUT2D eigenvalue weighted by Crippen LogP contribution is 2.14. The molecular weight excluding hydrogens is 416 g/mol. The molecule has 0 aromatic heterocycles. The van der Waals surface area contributed by atoms with E-state index in [1.54, 1.807) is 0 Å². The van der Waals surface area contributed by atoms with Gasteiger partial charge in [0.05, 0.1) is 23.2 Å². The van der Waals surface area contributed by atoms with Crippen LogP contribution in [0.3, 0.4) is 0 Å². The molecule has 0 heterocycles. The van der Waals surface area contributed by atoms with Crippen LogP contribution < -0.4 is 0 Å². The number of methoxy groups -OCH3 is 2. The first kappa shape index (κ1) is 21.4. The molecule has 6 heteroatoms. The van der Waals surface area contributed by atoms with E-state index in [2.05, 4.69) is 41.3 Å². The van der Waals surface area contributed by atoms with E-state index in [0.717, 1.165) is 38.5 Å². The summed E-state index contributed by atoms with van der Waals surface area (Å²) in [6.45, 7) is 0. The average molecular weight is 440 g/mol.